The lowest BCUT2D eigenvalue weighted by Crippen LogP contribution is -2.45. The van der Waals surface area contributed by atoms with Gasteiger partial charge in [-0.05, 0) is 38.5 Å². The van der Waals surface area contributed by atoms with Crippen molar-refractivity contribution in [3.8, 4) is 23.2 Å². The highest BCUT2D eigenvalue weighted by Crippen LogP contribution is 2.51. The molecule has 0 aliphatic carbocycles. The van der Waals surface area contributed by atoms with Crippen LogP contribution >= 0.6 is 0 Å². The highest BCUT2D eigenvalue weighted by Gasteiger charge is 2.48. The molecule has 6 heteroatoms. The topological polar surface area (TPSA) is 91.0 Å². The molecule has 1 fully saturated rings. The molecule has 2 aliphatic heterocycles. The third kappa shape index (κ3) is 2.02. The SMILES string of the molecule is CN1CCC2(CC1)C(C#N)=C(N)Oc1n[nH]c(-c3ccccc3)c12. The Balaban J connectivity index is 1.93. The van der Waals surface area contributed by atoms with Gasteiger partial charge in [0.2, 0.25) is 11.8 Å². The van der Waals surface area contributed by atoms with Crippen molar-refractivity contribution in [1.29, 1.82) is 5.26 Å². The average molecular weight is 321 g/mol. The summed E-state index contributed by atoms with van der Waals surface area (Å²) < 4.78 is 5.67. The molecule has 0 saturated carbocycles. The lowest BCUT2D eigenvalue weighted by molar-refractivity contribution is 0.198. The summed E-state index contributed by atoms with van der Waals surface area (Å²) in [6.07, 6.45) is 1.64. The van der Waals surface area contributed by atoms with Gasteiger partial charge in [-0.3, -0.25) is 5.10 Å². The lowest BCUT2D eigenvalue weighted by atomic mass is 9.66. The number of ether oxygens (including phenoxy) is 1. The van der Waals surface area contributed by atoms with Gasteiger partial charge in [-0.15, -0.1) is 5.10 Å². The molecule has 2 aliphatic rings. The van der Waals surface area contributed by atoms with E-state index >= 15 is 0 Å². The van der Waals surface area contributed by atoms with Gasteiger partial charge in [0.25, 0.3) is 0 Å². The van der Waals surface area contributed by atoms with Crippen LogP contribution in [-0.2, 0) is 5.41 Å². The zero-order valence-corrected chi connectivity index (χ0v) is 13.5. The fraction of sp³-hybridized carbons (Fsp3) is 0.333. The van der Waals surface area contributed by atoms with Crippen LogP contribution in [-0.4, -0.2) is 35.2 Å². The molecule has 0 radical (unpaired) electrons. The molecular formula is C18H19N5O. The van der Waals surface area contributed by atoms with Gasteiger partial charge in [-0.1, -0.05) is 30.3 Å². The molecule has 1 aromatic carbocycles. The van der Waals surface area contributed by atoms with Crippen LogP contribution < -0.4 is 10.5 Å². The molecule has 0 amide bonds. The van der Waals surface area contributed by atoms with E-state index in [0.717, 1.165) is 42.8 Å². The number of aromatic nitrogens is 2. The molecule has 0 atom stereocenters. The second-order valence-corrected chi connectivity index (χ2v) is 6.48. The predicted octanol–water partition coefficient (Wildman–Crippen LogP) is 2.13. The number of hydrogen-bond acceptors (Lipinski definition) is 5. The maximum absolute atomic E-state index is 9.76. The molecule has 1 saturated heterocycles. The van der Waals surface area contributed by atoms with E-state index in [9.17, 15) is 5.26 Å². The summed E-state index contributed by atoms with van der Waals surface area (Å²) in [5.74, 6) is 0.676. The van der Waals surface area contributed by atoms with E-state index in [-0.39, 0.29) is 5.88 Å². The van der Waals surface area contributed by atoms with Crippen molar-refractivity contribution < 1.29 is 4.74 Å². The molecule has 0 bridgehead atoms. The Morgan fingerprint density at radius 3 is 2.67 bits per heavy atom. The summed E-state index contributed by atoms with van der Waals surface area (Å²) in [7, 11) is 2.10. The van der Waals surface area contributed by atoms with Gasteiger partial charge >= 0.3 is 0 Å². The number of allylic oxidation sites excluding steroid dienone is 1. The maximum atomic E-state index is 9.76. The highest BCUT2D eigenvalue weighted by molar-refractivity contribution is 5.71. The number of hydrogen-bond donors (Lipinski definition) is 2. The molecular weight excluding hydrogens is 302 g/mol. The maximum Gasteiger partial charge on any atom is 0.244 e. The molecule has 122 valence electrons. The standard InChI is InChI=1S/C18H19N5O/c1-23-9-7-18(8-10-23)13(11-19)16(20)24-17-14(18)15(21-22-17)12-5-3-2-4-6-12/h2-6H,7-10,20H2,1H3,(H,21,22). The first-order valence-electron chi connectivity index (χ1n) is 8.07. The molecule has 24 heavy (non-hydrogen) atoms. The molecule has 3 N–H and O–H groups in total. The summed E-state index contributed by atoms with van der Waals surface area (Å²) >= 11 is 0. The van der Waals surface area contributed by atoms with Crippen molar-refractivity contribution in [1.82, 2.24) is 15.1 Å². The Labute approximate surface area is 140 Å². The fourth-order valence-electron chi connectivity index (χ4n) is 3.84. The Hall–Kier alpha value is -2.78. The smallest absolute Gasteiger partial charge is 0.244 e. The second-order valence-electron chi connectivity index (χ2n) is 6.48. The Bertz CT molecular complexity index is 838. The van der Waals surface area contributed by atoms with Crippen LogP contribution in [0, 0.1) is 11.3 Å². The van der Waals surface area contributed by atoms with E-state index in [1.165, 1.54) is 0 Å². The van der Waals surface area contributed by atoms with E-state index in [1.54, 1.807) is 0 Å². The first kappa shape index (κ1) is 14.8. The summed E-state index contributed by atoms with van der Waals surface area (Å²) in [5, 5.41) is 17.2. The van der Waals surface area contributed by atoms with Gasteiger partial charge < -0.3 is 15.4 Å². The van der Waals surface area contributed by atoms with E-state index in [1.807, 2.05) is 30.3 Å². The van der Waals surface area contributed by atoms with Gasteiger partial charge in [-0.25, -0.2) is 0 Å². The van der Waals surface area contributed by atoms with Crippen molar-refractivity contribution in [3.63, 3.8) is 0 Å². The van der Waals surface area contributed by atoms with Crippen molar-refractivity contribution in [2.24, 2.45) is 5.73 Å². The number of likely N-dealkylation sites (tertiary alicyclic amines) is 1. The van der Waals surface area contributed by atoms with Crippen LogP contribution in [0.3, 0.4) is 0 Å². The molecule has 4 rings (SSSR count). The van der Waals surface area contributed by atoms with Gasteiger partial charge in [-0.2, -0.15) is 5.26 Å². The van der Waals surface area contributed by atoms with E-state index in [4.69, 9.17) is 10.5 Å². The quantitative estimate of drug-likeness (QED) is 0.839. The third-order valence-corrected chi connectivity index (χ3v) is 5.16. The predicted molar refractivity (Wildman–Crippen MR) is 89.9 cm³/mol. The number of nitrogens with two attached hydrogens (primary N) is 1. The number of piperidine rings is 1. The minimum absolute atomic E-state index is 0.181. The second kappa shape index (κ2) is 5.39. The van der Waals surface area contributed by atoms with Crippen molar-refractivity contribution >= 4 is 0 Å². The highest BCUT2D eigenvalue weighted by atomic mass is 16.5. The zero-order chi connectivity index (χ0) is 16.7. The minimum atomic E-state index is -0.433. The van der Waals surface area contributed by atoms with E-state index < -0.39 is 5.41 Å². The van der Waals surface area contributed by atoms with Crippen molar-refractivity contribution in [3.05, 3.63) is 47.4 Å². The largest absolute Gasteiger partial charge is 0.420 e. The minimum Gasteiger partial charge on any atom is -0.420 e. The van der Waals surface area contributed by atoms with Crippen LogP contribution in [0.4, 0.5) is 0 Å². The molecule has 2 aromatic rings. The first-order chi connectivity index (χ1) is 11.7. The Morgan fingerprint density at radius 2 is 2.00 bits per heavy atom. The van der Waals surface area contributed by atoms with Gasteiger partial charge in [0.05, 0.1) is 11.3 Å². The number of benzene rings is 1. The van der Waals surface area contributed by atoms with Crippen LogP contribution in [0.15, 0.2) is 41.8 Å². The summed E-state index contributed by atoms with van der Waals surface area (Å²) in [4.78, 5) is 2.27. The van der Waals surface area contributed by atoms with Crippen molar-refractivity contribution in [2.45, 2.75) is 18.3 Å². The van der Waals surface area contributed by atoms with E-state index in [0.29, 0.717) is 11.5 Å². The molecule has 6 nitrogen and oxygen atoms in total. The average Bonchev–Trinajstić information content (AvgIpc) is 3.03. The molecule has 1 spiro atoms. The monoisotopic (exact) mass is 321 g/mol. The van der Waals surface area contributed by atoms with Gasteiger partial charge in [0.1, 0.15) is 11.6 Å². The number of aromatic amines is 1. The van der Waals surface area contributed by atoms with Crippen LogP contribution in [0.25, 0.3) is 11.3 Å². The summed E-state index contributed by atoms with van der Waals surface area (Å²) in [6, 6.07) is 12.3. The third-order valence-electron chi connectivity index (χ3n) is 5.16. The summed E-state index contributed by atoms with van der Waals surface area (Å²) in [5.41, 5.74) is 9.07. The molecule has 0 unspecified atom stereocenters. The fourth-order valence-corrected chi connectivity index (χ4v) is 3.84. The number of rotatable bonds is 1. The summed E-state index contributed by atoms with van der Waals surface area (Å²) in [6.45, 7) is 1.80. The number of H-pyrrole nitrogens is 1. The van der Waals surface area contributed by atoms with Crippen LogP contribution in [0.2, 0.25) is 0 Å². The van der Waals surface area contributed by atoms with Gasteiger partial charge in [0.15, 0.2) is 0 Å². The lowest BCUT2D eigenvalue weighted by Gasteiger charge is -2.42. The number of nitriles is 1. The first-order valence-corrected chi connectivity index (χ1v) is 8.07. The number of nitrogens with one attached hydrogen (secondary N) is 1. The molecule has 3 heterocycles. The number of nitrogens with zero attached hydrogens (tertiary/aromatic N) is 3. The number of fused-ring (bicyclic) bond motifs is 2. The van der Waals surface area contributed by atoms with Crippen molar-refractivity contribution in [2.75, 3.05) is 20.1 Å². The van der Waals surface area contributed by atoms with Crippen LogP contribution in [0.5, 0.6) is 5.88 Å². The Morgan fingerprint density at radius 1 is 1.29 bits per heavy atom. The van der Waals surface area contributed by atoms with Crippen LogP contribution in [0.1, 0.15) is 18.4 Å². The van der Waals surface area contributed by atoms with Gasteiger partial charge in [0, 0.05) is 5.41 Å². The molecule has 1 aromatic heterocycles. The Kier molecular flexibility index (Phi) is 3.32. The van der Waals surface area contributed by atoms with E-state index in [2.05, 4.69) is 28.2 Å². The zero-order valence-electron chi connectivity index (χ0n) is 13.5. The normalized spacial score (nSPS) is 19.7.